The highest BCUT2D eigenvalue weighted by molar-refractivity contribution is 14.1. The number of nitrogens with one attached hydrogen (secondary N) is 2. The molecule has 5 nitrogen and oxygen atoms in total. The van der Waals surface area contributed by atoms with Gasteiger partial charge in [0.25, 0.3) is 0 Å². The Balaban J connectivity index is 2.09. The van der Waals surface area contributed by atoms with Gasteiger partial charge in [-0.1, -0.05) is 11.6 Å². The minimum absolute atomic E-state index is 0.0116. The summed E-state index contributed by atoms with van der Waals surface area (Å²) in [6.45, 7) is 1.67. The zero-order valence-electron chi connectivity index (χ0n) is 13.1. The number of benzene rings is 2. The van der Waals surface area contributed by atoms with Crippen LogP contribution in [0.4, 0.5) is 11.4 Å². The van der Waals surface area contributed by atoms with E-state index in [1.165, 1.54) is 6.07 Å². The third kappa shape index (κ3) is 4.84. The molecular weight excluding hydrogens is 463 g/mol. The first-order valence-electron chi connectivity index (χ1n) is 6.97. The first kappa shape index (κ1) is 19.0. The molecule has 24 heavy (non-hydrogen) atoms. The summed E-state index contributed by atoms with van der Waals surface area (Å²) < 4.78 is 24.8. The SMILES string of the molecule is Cc1c(NCC(=O)Nc2ccc(I)cc2)ccc(Cl)c1S(C)(=O)=O. The molecule has 0 aliphatic heterocycles. The molecule has 0 aromatic heterocycles. The van der Waals surface area contributed by atoms with E-state index >= 15 is 0 Å². The van der Waals surface area contributed by atoms with Crippen LogP contribution in [0.1, 0.15) is 5.56 Å². The monoisotopic (exact) mass is 478 g/mol. The average molecular weight is 479 g/mol. The van der Waals surface area contributed by atoms with Crippen molar-refractivity contribution in [3.05, 3.63) is 50.6 Å². The maximum Gasteiger partial charge on any atom is 0.243 e. The number of carbonyl (C=O) groups is 1. The van der Waals surface area contributed by atoms with Crippen molar-refractivity contribution in [2.45, 2.75) is 11.8 Å². The second kappa shape index (κ2) is 7.71. The Morgan fingerprint density at radius 1 is 1.17 bits per heavy atom. The van der Waals surface area contributed by atoms with Gasteiger partial charge in [-0.3, -0.25) is 4.79 Å². The van der Waals surface area contributed by atoms with Gasteiger partial charge < -0.3 is 10.6 Å². The van der Waals surface area contributed by atoms with Crippen LogP contribution in [0.5, 0.6) is 0 Å². The molecular formula is C16H16ClIN2O3S. The Morgan fingerprint density at radius 2 is 1.79 bits per heavy atom. The number of amides is 1. The van der Waals surface area contributed by atoms with Crippen LogP contribution in [-0.4, -0.2) is 27.1 Å². The van der Waals surface area contributed by atoms with Gasteiger partial charge >= 0.3 is 0 Å². The maximum absolute atomic E-state index is 12.0. The molecule has 2 aromatic rings. The number of hydrogen-bond acceptors (Lipinski definition) is 4. The summed E-state index contributed by atoms with van der Waals surface area (Å²) in [6, 6.07) is 10.6. The summed E-state index contributed by atoms with van der Waals surface area (Å²) in [6.07, 6.45) is 1.11. The zero-order chi connectivity index (χ0) is 17.9. The molecule has 2 rings (SSSR count). The molecule has 0 saturated carbocycles. The van der Waals surface area contributed by atoms with Crippen molar-refractivity contribution in [1.82, 2.24) is 0 Å². The summed E-state index contributed by atoms with van der Waals surface area (Å²) in [5.41, 5.74) is 1.75. The normalized spacial score (nSPS) is 11.2. The van der Waals surface area contributed by atoms with E-state index in [-0.39, 0.29) is 22.4 Å². The van der Waals surface area contributed by atoms with E-state index in [0.29, 0.717) is 16.9 Å². The van der Waals surface area contributed by atoms with Crippen molar-refractivity contribution in [3.63, 3.8) is 0 Å². The molecule has 2 aromatic carbocycles. The molecule has 0 bridgehead atoms. The van der Waals surface area contributed by atoms with Gasteiger partial charge in [-0.2, -0.15) is 0 Å². The Bertz CT molecular complexity index is 868. The third-order valence-electron chi connectivity index (χ3n) is 3.30. The molecule has 0 radical (unpaired) electrons. The van der Waals surface area contributed by atoms with E-state index in [1.54, 1.807) is 13.0 Å². The first-order valence-corrected chi connectivity index (χ1v) is 10.3. The van der Waals surface area contributed by atoms with Crippen molar-refractivity contribution < 1.29 is 13.2 Å². The van der Waals surface area contributed by atoms with Crippen LogP contribution < -0.4 is 10.6 Å². The lowest BCUT2D eigenvalue weighted by Gasteiger charge is -2.14. The van der Waals surface area contributed by atoms with E-state index in [9.17, 15) is 13.2 Å². The molecule has 0 fully saturated rings. The Kier molecular flexibility index (Phi) is 6.11. The molecule has 0 aliphatic rings. The van der Waals surface area contributed by atoms with Gasteiger partial charge in [0.1, 0.15) is 0 Å². The van der Waals surface area contributed by atoms with E-state index in [4.69, 9.17) is 11.6 Å². The van der Waals surface area contributed by atoms with Crippen molar-refractivity contribution in [3.8, 4) is 0 Å². The number of rotatable bonds is 5. The minimum Gasteiger partial charge on any atom is -0.376 e. The van der Waals surface area contributed by atoms with E-state index in [0.717, 1.165) is 9.83 Å². The fraction of sp³-hybridized carbons (Fsp3) is 0.188. The number of carbonyl (C=O) groups excluding carboxylic acids is 1. The van der Waals surface area contributed by atoms with E-state index < -0.39 is 9.84 Å². The van der Waals surface area contributed by atoms with Crippen molar-refractivity contribution >= 4 is 61.3 Å². The lowest BCUT2D eigenvalue weighted by atomic mass is 10.2. The first-order chi connectivity index (χ1) is 11.2. The number of hydrogen-bond donors (Lipinski definition) is 2. The molecule has 128 valence electrons. The number of anilines is 2. The number of halogens is 2. The number of sulfone groups is 1. The highest BCUT2D eigenvalue weighted by atomic mass is 127. The molecule has 0 aliphatic carbocycles. The summed E-state index contributed by atoms with van der Waals surface area (Å²) in [7, 11) is -3.45. The lowest BCUT2D eigenvalue weighted by molar-refractivity contribution is -0.114. The fourth-order valence-electron chi connectivity index (χ4n) is 2.22. The van der Waals surface area contributed by atoms with Crippen LogP contribution in [0.15, 0.2) is 41.3 Å². The van der Waals surface area contributed by atoms with Gasteiger partial charge in [-0.25, -0.2) is 8.42 Å². The molecule has 1 amide bonds. The fourth-order valence-corrected chi connectivity index (χ4v) is 4.29. The van der Waals surface area contributed by atoms with Crippen LogP contribution in [-0.2, 0) is 14.6 Å². The molecule has 8 heteroatoms. The third-order valence-corrected chi connectivity index (χ3v) is 5.71. The van der Waals surface area contributed by atoms with Crippen LogP contribution in [0.3, 0.4) is 0 Å². The predicted octanol–water partition coefficient (Wildman–Crippen LogP) is 3.71. The predicted molar refractivity (Wildman–Crippen MR) is 106 cm³/mol. The summed E-state index contributed by atoms with van der Waals surface area (Å²) >= 11 is 8.17. The second-order valence-electron chi connectivity index (χ2n) is 5.23. The standard InChI is InChI=1S/C16H16ClIN2O3S/c1-10-14(8-7-13(17)16(10)24(2,22)23)19-9-15(21)20-12-5-3-11(18)4-6-12/h3-8,19H,9H2,1-2H3,(H,20,21). The Morgan fingerprint density at radius 3 is 2.38 bits per heavy atom. The van der Waals surface area contributed by atoms with Gasteiger partial charge in [0.05, 0.1) is 16.5 Å². The molecule has 0 unspecified atom stereocenters. The molecule has 2 N–H and O–H groups in total. The van der Waals surface area contributed by atoms with Crippen LogP contribution in [0.2, 0.25) is 5.02 Å². The summed E-state index contributed by atoms with van der Waals surface area (Å²) in [5.74, 6) is -0.230. The van der Waals surface area contributed by atoms with Crippen molar-refractivity contribution in [2.24, 2.45) is 0 Å². The van der Waals surface area contributed by atoms with Gasteiger partial charge in [0.15, 0.2) is 9.84 Å². The highest BCUT2D eigenvalue weighted by Crippen LogP contribution is 2.30. The Labute approximate surface area is 159 Å². The summed E-state index contributed by atoms with van der Waals surface area (Å²) in [4.78, 5) is 12.1. The molecule has 0 heterocycles. The lowest BCUT2D eigenvalue weighted by Crippen LogP contribution is -2.22. The highest BCUT2D eigenvalue weighted by Gasteiger charge is 2.18. The molecule has 0 spiro atoms. The van der Waals surface area contributed by atoms with Gasteiger partial charge in [0, 0.05) is 21.2 Å². The second-order valence-corrected chi connectivity index (χ2v) is 8.84. The van der Waals surface area contributed by atoms with Crippen LogP contribution >= 0.6 is 34.2 Å². The topological polar surface area (TPSA) is 75.3 Å². The van der Waals surface area contributed by atoms with Gasteiger partial charge in [0.2, 0.25) is 5.91 Å². The van der Waals surface area contributed by atoms with E-state index in [1.807, 2.05) is 24.3 Å². The van der Waals surface area contributed by atoms with Crippen molar-refractivity contribution in [2.75, 3.05) is 23.4 Å². The minimum atomic E-state index is -3.45. The molecule has 0 atom stereocenters. The van der Waals surface area contributed by atoms with Crippen LogP contribution in [0, 0.1) is 10.5 Å². The maximum atomic E-state index is 12.0. The van der Waals surface area contributed by atoms with E-state index in [2.05, 4.69) is 33.2 Å². The summed E-state index contributed by atoms with van der Waals surface area (Å²) in [5, 5.41) is 5.88. The largest absolute Gasteiger partial charge is 0.376 e. The van der Waals surface area contributed by atoms with Crippen molar-refractivity contribution in [1.29, 1.82) is 0 Å². The van der Waals surface area contributed by atoms with Crippen LogP contribution in [0.25, 0.3) is 0 Å². The average Bonchev–Trinajstić information content (AvgIpc) is 2.47. The Hall–Kier alpha value is -1.32. The quantitative estimate of drug-likeness (QED) is 0.643. The zero-order valence-corrected chi connectivity index (χ0v) is 16.8. The molecule has 0 saturated heterocycles. The van der Waals surface area contributed by atoms with Gasteiger partial charge in [-0.05, 0) is 71.5 Å². The smallest absolute Gasteiger partial charge is 0.243 e. The van der Waals surface area contributed by atoms with Gasteiger partial charge in [-0.15, -0.1) is 0 Å².